The molecule has 0 saturated carbocycles. The molecule has 1 heterocycles. The number of benzene rings is 1. The smallest absolute Gasteiger partial charge is 0.328 e. The molecule has 5 nitrogen and oxygen atoms in total. The van der Waals surface area contributed by atoms with Crippen LogP contribution in [-0.4, -0.2) is 30.0 Å². The molecule has 0 radical (unpaired) electrons. The van der Waals surface area contributed by atoms with Crippen LogP contribution in [0.25, 0.3) is 0 Å². The number of esters is 1. The summed E-state index contributed by atoms with van der Waals surface area (Å²) in [6.45, 7) is 1.56. The summed E-state index contributed by atoms with van der Waals surface area (Å²) < 4.78 is 17.4. The molecule has 0 aliphatic heterocycles. The summed E-state index contributed by atoms with van der Waals surface area (Å²) in [5.74, 6) is -1.06. The van der Waals surface area contributed by atoms with Gasteiger partial charge in [-0.15, -0.1) is 11.3 Å². The third-order valence-electron chi connectivity index (χ3n) is 3.14. The summed E-state index contributed by atoms with van der Waals surface area (Å²) in [5, 5.41) is 5.21. The number of halogens is 1. The van der Waals surface area contributed by atoms with Crippen LogP contribution in [0.15, 0.2) is 29.6 Å². The Morgan fingerprint density at radius 2 is 2.04 bits per heavy atom. The van der Waals surface area contributed by atoms with Gasteiger partial charge in [0.1, 0.15) is 11.9 Å². The van der Waals surface area contributed by atoms with Crippen LogP contribution < -0.4 is 5.32 Å². The number of hydrogen-bond acceptors (Lipinski definition) is 5. The normalized spacial score (nSPS) is 11.8. The van der Waals surface area contributed by atoms with Crippen molar-refractivity contribution in [2.24, 2.45) is 0 Å². The van der Waals surface area contributed by atoms with Gasteiger partial charge in [-0.2, -0.15) is 0 Å². The topological polar surface area (TPSA) is 68.3 Å². The minimum Gasteiger partial charge on any atom is -0.467 e. The van der Waals surface area contributed by atoms with Gasteiger partial charge in [0.15, 0.2) is 0 Å². The maximum absolute atomic E-state index is 12.9. The lowest BCUT2D eigenvalue weighted by molar-refractivity contribution is -0.144. The Morgan fingerprint density at radius 1 is 1.35 bits per heavy atom. The van der Waals surface area contributed by atoms with Crippen molar-refractivity contribution in [2.75, 3.05) is 7.11 Å². The van der Waals surface area contributed by atoms with E-state index in [9.17, 15) is 14.0 Å². The number of ether oxygens (including phenoxy) is 1. The van der Waals surface area contributed by atoms with Gasteiger partial charge < -0.3 is 10.1 Å². The molecule has 0 aliphatic carbocycles. The molecule has 2 rings (SSSR count). The van der Waals surface area contributed by atoms with Gasteiger partial charge in [0.25, 0.3) is 0 Å². The first-order valence-corrected chi connectivity index (χ1v) is 7.91. The Hall–Kier alpha value is -2.28. The number of carbonyl (C=O) groups excluding carboxylic acids is 2. The second-order valence-corrected chi connectivity index (χ2v) is 5.97. The molecule has 122 valence electrons. The molecule has 0 fully saturated rings. The number of nitrogens with one attached hydrogen (secondary N) is 1. The summed E-state index contributed by atoms with van der Waals surface area (Å²) in [6.07, 6.45) is 0.687. The van der Waals surface area contributed by atoms with Crippen molar-refractivity contribution in [1.29, 1.82) is 0 Å². The summed E-state index contributed by atoms with van der Waals surface area (Å²) in [4.78, 5) is 27.5. The van der Waals surface area contributed by atoms with Gasteiger partial charge in [0.2, 0.25) is 5.91 Å². The Balaban J connectivity index is 1.90. The van der Waals surface area contributed by atoms with Crippen LogP contribution >= 0.6 is 11.3 Å². The number of carbonyl (C=O) groups is 2. The highest BCUT2D eigenvalue weighted by atomic mass is 32.1. The fraction of sp³-hybridized carbons (Fsp3) is 0.312. The molecule has 0 saturated heterocycles. The Labute approximate surface area is 137 Å². The largest absolute Gasteiger partial charge is 0.467 e. The molecular formula is C16H17FN2O3S. The third kappa shape index (κ3) is 5.14. The maximum atomic E-state index is 12.9. The van der Waals surface area contributed by atoms with Gasteiger partial charge in [-0.05, 0) is 24.6 Å². The number of aromatic nitrogens is 1. The lowest BCUT2D eigenvalue weighted by Gasteiger charge is -2.10. The van der Waals surface area contributed by atoms with E-state index >= 15 is 0 Å². The van der Waals surface area contributed by atoms with Crippen molar-refractivity contribution >= 4 is 23.2 Å². The SMILES string of the molecule is COC(=O)[C@H](C)NC(=O)Cc1csc(Cc2ccc(F)cc2)n1. The summed E-state index contributed by atoms with van der Waals surface area (Å²) in [7, 11) is 1.27. The Morgan fingerprint density at radius 3 is 2.70 bits per heavy atom. The molecule has 1 aromatic heterocycles. The van der Waals surface area contributed by atoms with E-state index in [4.69, 9.17) is 0 Å². The highest BCUT2D eigenvalue weighted by Crippen LogP contribution is 2.15. The fourth-order valence-electron chi connectivity index (χ4n) is 1.98. The lowest BCUT2D eigenvalue weighted by atomic mass is 10.1. The second kappa shape index (κ2) is 7.82. The number of nitrogens with zero attached hydrogens (tertiary/aromatic N) is 1. The summed E-state index contributed by atoms with van der Waals surface area (Å²) >= 11 is 1.44. The van der Waals surface area contributed by atoms with Crippen molar-refractivity contribution in [3.8, 4) is 0 Å². The van der Waals surface area contributed by atoms with Crippen LogP contribution in [0.3, 0.4) is 0 Å². The van der Waals surface area contributed by atoms with Crippen LogP contribution in [0, 0.1) is 5.82 Å². The lowest BCUT2D eigenvalue weighted by Crippen LogP contribution is -2.39. The van der Waals surface area contributed by atoms with Crippen LogP contribution in [0.5, 0.6) is 0 Å². The van der Waals surface area contributed by atoms with Crippen LogP contribution in [0.1, 0.15) is 23.2 Å². The zero-order valence-corrected chi connectivity index (χ0v) is 13.7. The van der Waals surface area contributed by atoms with Crippen LogP contribution in [0.4, 0.5) is 4.39 Å². The molecule has 23 heavy (non-hydrogen) atoms. The van der Waals surface area contributed by atoms with Crippen molar-refractivity contribution in [1.82, 2.24) is 10.3 Å². The van der Waals surface area contributed by atoms with Gasteiger partial charge in [0, 0.05) is 11.8 Å². The molecule has 1 atom stereocenters. The van der Waals surface area contributed by atoms with Crippen molar-refractivity contribution in [2.45, 2.75) is 25.8 Å². The fourth-order valence-corrected chi connectivity index (χ4v) is 2.81. The first-order chi connectivity index (χ1) is 11.0. The van der Waals surface area contributed by atoms with Crippen molar-refractivity contribution in [3.05, 3.63) is 51.7 Å². The zero-order valence-electron chi connectivity index (χ0n) is 12.8. The van der Waals surface area contributed by atoms with E-state index in [2.05, 4.69) is 15.0 Å². The number of amides is 1. The highest BCUT2D eigenvalue weighted by molar-refractivity contribution is 7.09. The molecule has 0 bridgehead atoms. The first-order valence-electron chi connectivity index (χ1n) is 7.03. The number of hydrogen-bond donors (Lipinski definition) is 1. The molecule has 2 aromatic rings. The highest BCUT2D eigenvalue weighted by Gasteiger charge is 2.16. The first kappa shape index (κ1) is 17.1. The van der Waals surface area contributed by atoms with E-state index < -0.39 is 12.0 Å². The van der Waals surface area contributed by atoms with E-state index in [0.29, 0.717) is 12.1 Å². The van der Waals surface area contributed by atoms with Gasteiger partial charge >= 0.3 is 5.97 Å². The minimum atomic E-state index is -0.690. The van der Waals surface area contributed by atoms with Gasteiger partial charge in [-0.25, -0.2) is 14.2 Å². The number of methoxy groups -OCH3 is 1. The molecule has 7 heteroatoms. The molecule has 0 unspecified atom stereocenters. The average Bonchev–Trinajstić information content (AvgIpc) is 2.95. The van der Waals surface area contributed by atoms with E-state index in [1.54, 1.807) is 24.4 Å². The van der Waals surface area contributed by atoms with E-state index in [-0.39, 0.29) is 18.1 Å². The number of thiazole rings is 1. The third-order valence-corrected chi connectivity index (χ3v) is 4.04. The van der Waals surface area contributed by atoms with Gasteiger partial charge in [-0.3, -0.25) is 4.79 Å². The monoisotopic (exact) mass is 336 g/mol. The quantitative estimate of drug-likeness (QED) is 0.820. The van der Waals surface area contributed by atoms with E-state index in [1.165, 1.54) is 30.6 Å². The zero-order chi connectivity index (χ0) is 16.8. The van der Waals surface area contributed by atoms with Crippen molar-refractivity contribution < 1.29 is 18.7 Å². The molecule has 0 aliphatic rings. The maximum Gasteiger partial charge on any atom is 0.328 e. The molecule has 1 N–H and O–H groups in total. The molecular weight excluding hydrogens is 319 g/mol. The Kier molecular flexibility index (Phi) is 5.81. The van der Waals surface area contributed by atoms with E-state index in [1.807, 2.05) is 0 Å². The molecule has 0 spiro atoms. The predicted molar refractivity (Wildman–Crippen MR) is 84.6 cm³/mol. The van der Waals surface area contributed by atoms with Crippen LogP contribution in [-0.2, 0) is 27.2 Å². The van der Waals surface area contributed by atoms with Gasteiger partial charge in [-0.1, -0.05) is 12.1 Å². The summed E-state index contributed by atoms with van der Waals surface area (Å²) in [6, 6.07) is 5.55. The van der Waals surface area contributed by atoms with Crippen LogP contribution in [0.2, 0.25) is 0 Å². The molecule has 1 aromatic carbocycles. The second-order valence-electron chi connectivity index (χ2n) is 5.02. The number of rotatable bonds is 6. The summed E-state index contributed by atoms with van der Waals surface area (Å²) in [5.41, 5.74) is 1.60. The van der Waals surface area contributed by atoms with E-state index in [0.717, 1.165) is 10.6 Å². The standard InChI is InChI=1S/C16H17FN2O3S/c1-10(16(21)22-2)18-14(20)8-13-9-23-15(19-13)7-11-3-5-12(17)6-4-11/h3-6,9-10H,7-8H2,1-2H3,(H,18,20)/t10-/m0/s1. The average molecular weight is 336 g/mol. The minimum absolute atomic E-state index is 0.0985. The predicted octanol–water partition coefficient (Wildman–Crippen LogP) is 2.09. The van der Waals surface area contributed by atoms with Crippen molar-refractivity contribution in [3.63, 3.8) is 0 Å². The Bertz CT molecular complexity index is 685. The van der Waals surface area contributed by atoms with Gasteiger partial charge in [0.05, 0.1) is 24.2 Å². The molecule has 1 amide bonds.